The molecular weight excluding hydrogens is 288 g/mol. The highest BCUT2D eigenvalue weighted by Crippen LogP contribution is 2.34. The minimum Gasteiger partial charge on any atom is -0.481 e. The molecule has 0 bridgehead atoms. The Morgan fingerprint density at radius 2 is 1.95 bits per heavy atom. The summed E-state index contributed by atoms with van der Waals surface area (Å²) < 4.78 is 22.8. The van der Waals surface area contributed by atoms with Crippen LogP contribution in [0, 0.1) is 5.92 Å². The van der Waals surface area contributed by atoms with Gasteiger partial charge in [-0.15, -0.1) is 0 Å². The van der Waals surface area contributed by atoms with Crippen LogP contribution >= 0.6 is 11.6 Å². The zero-order chi connectivity index (χ0) is 14.0. The lowest BCUT2D eigenvalue weighted by atomic mass is 9.82. The molecule has 104 valence electrons. The van der Waals surface area contributed by atoms with Crippen molar-refractivity contribution in [3.8, 4) is 0 Å². The summed E-state index contributed by atoms with van der Waals surface area (Å²) >= 11 is 5.89. The molecule has 1 heterocycles. The van der Waals surface area contributed by atoms with Crippen LogP contribution in [-0.4, -0.2) is 31.0 Å². The maximum Gasteiger partial charge on any atom is 0.311 e. The Morgan fingerprint density at radius 1 is 1.32 bits per heavy atom. The lowest BCUT2D eigenvalue weighted by Gasteiger charge is -2.27. The quantitative estimate of drug-likeness (QED) is 0.930. The predicted molar refractivity (Wildman–Crippen MR) is 73.2 cm³/mol. The van der Waals surface area contributed by atoms with E-state index in [2.05, 4.69) is 0 Å². The summed E-state index contributed by atoms with van der Waals surface area (Å²) in [4.78, 5) is 11.5. The number of carboxylic acid groups (broad SMARTS) is 1. The smallest absolute Gasteiger partial charge is 0.311 e. The molecule has 2 rings (SSSR count). The Morgan fingerprint density at radius 3 is 2.47 bits per heavy atom. The maximum absolute atomic E-state index is 11.5. The first-order valence-electron chi connectivity index (χ1n) is 6.08. The summed E-state index contributed by atoms with van der Waals surface area (Å²) in [6.45, 7) is 0. The summed E-state index contributed by atoms with van der Waals surface area (Å²) in [5, 5.41) is 9.90. The van der Waals surface area contributed by atoms with Gasteiger partial charge in [-0.25, -0.2) is 8.42 Å². The number of benzene rings is 1. The molecule has 19 heavy (non-hydrogen) atoms. The van der Waals surface area contributed by atoms with Crippen molar-refractivity contribution in [1.29, 1.82) is 0 Å². The molecule has 1 unspecified atom stereocenters. The molecule has 1 aromatic rings. The van der Waals surface area contributed by atoms with Crippen molar-refractivity contribution in [2.45, 2.75) is 18.8 Å². The lowest BCUT2D eigenvalue weighted by molar-refractivity contribution is -0.140. The number of halogens is 1. The van der Waals surface area contributed by atoms with Gasteiger partial charge in [0, 0.05) is 5.02 Å². The van der Waals surface area contributed by atoms with Gasteiger partial charge in [-0.1, -0.05) is 23.7 Å². The van der Waals surface area contributed by atoms with Gasteiger partial charge in [0.05, 0.1) is 17.4 Å². The van der Waals surface area contributed by atoms with Crippen molar-refractivity contribution >= 4 is 27.4 Å². The second-order valence-electron chi connectivity index (χ2n) is 4.86. The molecule has 6 heteroatoms. The van der Waals surface area contributed by atoms with Gasteiger partial charge >= 0.3 is 5.97 Å². The standard InChI is InChI=1S/C13H15ClO4S/c14-11-3-1-2-10(8-11)12(13(15)16)9-4-6-19(17,18)7-5-9/h1-3,8-9,12H,4-7H2,(H,15,16). The van der Waals surface area contributed by atoms with E-state index < -0.39 is 21.7 Å². The summed E-state index contributed by atoms with van der Waals surface area (Å²) in [7, 11) is -2.98. The monoisotopic (exact) mass is 302 g/mol. The highest BCUT2D eigenvalue weighted by atomic mass is 35.5. The lowest BCUT2D eigenvalue weighted by Crippen LogP contribution is -2.30. The number of aliphatic carboxylic acids is 1. The average Bonchev–Trinajstić information content (AvgIpc) is 2.31. The van der Waals surface area contributed by atoms with Gasteiger partial charge < -0.3 is 5.11 Å². The molecule has 0 spiro atoms. The van der Waals surface area contributed by atoms with E-state index in [1.54, 1.807) is 24.3 Å². The molecule has 1 atom stereocenters. The van der Waals surface area contributed by atoms with E-state index in [1.807, 2.05) is 0 Å². The summed E-state index contributed by atoms with van der Waals surface area (Å²) in [6, 6.07) is 6.78. The summed E-state index contributed by atoms with van der Waals surface area (Å²) in [5.41, 5.74) is 0.643. The van der Waals surface area contributed by atoms with Gasteiger partial charge in [0.15, 0.2) is 0 Å². The first-order chi connectivity index (χ1) is 8.89. The van der Waals surface area contributed by atoms with Crippen LogP contribution in [-0.2, 0) is 14.6 Å². The van der Waals surface area contributed by atoms with Crippen molar-refractivity contribution < 1.29 is 18.3 Å². The van der Waals surface area contributed by atoms with Gasteiger partial charge in [0.2, 0.25) is 0 Å². The van der Waals surface area contributed by atoms with E-state index in [4.69, 9.17) is 11.6 Å². The molecule has 0 amide bonds. The molecule has 0 saturated carbocycles. The minimum absolute atomic E-state index is 0.0714. The Kier molecular flexibility index (Phi) is 4.16. The molecule has 0 aliphatic carbocycles. The van der Waals surface area contributed by atoms with Gasteiger partial charge in [-0.05, 0) is 36.5 Å². The van der Waals surface area contributed by atoms with Crippen LogP contribution < -0.4 is 0 Å². The fourth-order valence-electron chi connectivity index (χ4n) is 2.56. The molecule has 1 aliphatic rings. The third-order valence-corrected chi connectivity index (χ3v) is 5.50. The highest BCUT2D eigenvalue weighted by Gasteiger charge is 2.34. The number of sulfone groups is 1. The summed E-state index contributed by atoms with van der Waals surface area (Å²) in [5.74, 6) is -1.62. The van der Waals surface area contributed by atoms with Crippen molar-refractivity contribution in [2.24, 2.45) is 5.92 Å². The first kappa shape index (κ1) is 14.3. The Hall–Kier alpha value is -1.07. The van der Waals surface area contributed by atoms with Crippen molar-refractivity contribution in [3.05, 3.63) is 34.9 Å². The number of rotatable bonds is 3. The van der Waals surface area contributed by atoms with Crippen LogP contribution in [0.3, 0.4) is 0 Å². The van der Waals surface area contributed by atoms with Crippen LogP contribution in [0.2, 0.25) is 5.02 Å². The molecule has 1 N–H and O–H groups in total. The Balaban J connectivity index is 2.25. The van der Waals surface area contributed by atoms with E-state index in [1.165, 1.54) is 0 Å². The zero-order valence-electron chi connectivity index (χ0n) is 10.3. The molecule has 4 nitrogen and oxygen atoms in total. The molecule has 1 fully saturated rings. The van der Waals surface area contributed by atoms with Crippen molar-refractivity contribution in [1.82, 2.24) is 0 Å². The van der Waals surface area contributed by atoms with E-state index in [0.29, 0.717) is 23.4 Å². The molecule has 1 aromatic carbocycles. The van der Waals surface area contributed by atoms with Crippen LogP contribution in [0.25, 0.3) is 0 Å². The number of hydrogen-bond acceptors (Lipinski definition) is 3. The van der Waals surface area contributed by atoms with Crippen molar-refractivity contribution in [3.63, 3.8) is 0 Å². The first-order valence-corrected chi connectivity index (χ1v) is 8.28. The fourth-order valence-corrected chi connectivity index (χ4v) is 4.28. The van der Waals surface area contributed by atoms with Gasteiger partial charge in [0.25, 0.3) is 0 Å². The van der Waals surface area contributed by atoms with E-state index in [-0.39, 0.29) is 17.4 Å². The number of carboxylic acids is 1. The van der Waals surface area contributed by atoms with E-state index in [9.17, 15) is 18.3 Å². The second kappa shape index (κ2) is 5.51. The zero-order valence-corrected chi connectivity index (χ0v) is 11.8. The van der Waals surface area contributed by atoms with E-state index >= 15 is 0 Å². The molecular formula is C13H15ClO4S. The Labute approximate surface area is 117 Å². The highest BCUT2D eigenvalue weighted by molar-refractivity contribution is 7.91. The van der Waals surface area contributed by atoms with Crippen LogP contribution in [0.5, 0.6) is 0 Å². The predicted octanol–water partition coefficient (Wildman–Crippen LogP) is 2.33. The average molecular weight is 303 g/mol. The number of hydrogen-bond donors (Lipinski definition) is 1. The van der Waals surface area contributed by atoms with Crippen molar-refractivity contribution in [2.75, 3.05) is 11.5 Å². The largest absolute Gasteiger partial charge is 0.481 e. The molecule has 0 radical (unpaired) electrons. The van der Waals surface area contributed by atoms with Crippen LogP contribution in [0.1, 0.15) is 24.3 Å². The van der Waals surface area contributed by atoms with Crippen LogP contribution in [0.4, 0.5) is 0 Å². The Bertz CT molecular complexity index is 568. The third kappa shape index (κ3) is 3.48. The normalized spacial score (nSPS) is 20.9. The number of carbonyl (C=O) groups is 1. The summed E-state index contributed by atoms with van der Waals surface area (Å²) in [6.07, 6.45) is 0.789. The van der Waals surface area contributed by atoms with Gasteiger partial charge in [-0.2, -0.15) is 0 Å². The van der Waals surface area contributed by atoms with Gasteiger partial charge in [-0.3, -0.25) is 4.79 Å². The molecule has 0 aromatic heterocycles. The van der Waals surface area contributed by atoms with Gasteiger partial charge in [0.1, 0.15) is 9.84 Å². The SMILES string of the molecule is O=C(O)C(c1cccc(Cl)c1)C1CCS(=O)(=O)CC1. The third-order valence-electron chi connectivity index (χ3n) is 3.54. The molecule has 1 aliphatic heterocycles. The maximum atomic E-state index is 11.5. The van der Waals surface area contributed by atoms with E-state index in [0.717, 1.165) is 0 Å². The minimum atomic E-state index is -2.98. The fraction of sp³-hybridized carbons (Fsp3) is 0.462. The molecule has 1 saturated heterocycles. The topological polar surface area (TPSA) is 71.4 Å². The second-order valence-corrected chi connectivity index (χ2v) is 7.60. The van der Waals surface area contributed by atoms with Crippen LogP contribution in [0.15, 0.2) is 24.3 Å².